The highest BCUT2D eigenvalue weighted by atomic mass is 16.5. The van der Waals surface area contributed by atoms with Crippen molar-refractivity contribution in [2.75, 3.05) is 11.9 Å². The zero-order valence-electron chi connectivity index (χ0n) is 14.0. The van der Waals surface area contributed by atoms with E-state index < -0.39 is 24.5 Å². The van der Waals surface area contributed by atoms with Crippen LogP contribution in [0, 0.1) is 0 Å². The molecule has 0 radical (unpaired) electrons. The van der Waals surface area contributed by atoms with Crippen molar-refractivity contribution >= 4 is 22.9 Å². The lowest BCUT2D eigenvalue weighted by Gasteiger charge is -2.35. The largest absolute Gasteiger partial charge is 0.388 e. The van der Waals surface area contributed by atoms with E-state index in [0.717, 1.165) is 0 Å². The predicted molar refractivity (Wildman–Crippen MR) is 92.7 cm³/mol. The molecule has 4 N–H and O–H groups in total. The minimum atomic E-state index is -1.37. The van der Waals surface area contributed by atoms with Crippen LogP contribution in [-0.4, -0.2) is 65.7 Å². The number of ether oxygens (including phenoxy) is 1. The van der Waals surface area contributed by atoms with Crippen LogP contribution in [0.4, 0.5) is 5.82 Å². The van der Waals surface area contributed by atoms with Gasteiger partial charge in [0.2, 0.25) is 0 Å². The number of aromatic nitrogens is 4. The van der Waals surface area contributed by atoms with Crippen molar-refractivity contribution in [1.29, 1.82) is 0 Å². The first kappa shape index (κ1) is 17.5. The number of hydrogen-bond donors (Lipinski definition) is 4. The number of carbonyl (C=O) groups excluding carboxylic acids is 1. The molecule has 3 heterocycles. The van der Waals surface area contributed by atoms with E-state index in [0.29, 0.717) is 16.7 Å². The van der Waals surface area contributed by atoms with Gasteiger partial charge in [0, 0.05) is 5.56 Å². The van der Waals surface area contributed by atoms with Crippen LogP contribution in [0.1, 0.15) is 16.6 Å². The van der Waals surface area contributed by atoms with Gasteiger partial charge in [0.25, 0.3) is 5.91 Å². The van der Waals surface area contributed by atoms with Crippen molar-refractivity contribution in [1.82, 2.24) is 19.5 Å². The molecular weight excluding hydrogens is 354 g/mol. The van der Waals surface area contributed by atoms with Gasteiger partial charge in [-0.15, -0.1) is 0 Å². The van der Waals surface area contributed by atoms with Gasteiger partial charge in [-0.25, -0.2) is 15.0 Å². The van der Waals surface area contributed by atoms with Crippen LogP contribution >= 0.6 is 0 Å². The molecule has 140 valence electrons. The van der Waals surface area contributed by atoms with Crippen molar-refractivity contribution in [3.63, 3.8) is 0 Å². The zero-order chi connectivity index (χ0) is 19.0. The topological polar surface area (TPSA) is 143 Å². The first-order chi connectivity index (χ1) is 13.1. The van der Waals surface area contributed by atoms with Crippen molar-refractivity contribution in [2.45, 2.75) is 24.5 Å². The molecule has 4 atom stereocenters. The molecular formula is C17H17N5O5. The fourth-order valence-electron chi connectivity index (χ4n) is 2.93. The van der Waals surface area contributed by atoms with E-state index in [9.17, 15) is 20.1 Å². The standard InChI is InChI=1S/C17H17N5O5/c23-10-6-27-17(13(25)12(10)24)22-8-20-11-14(18-7-19-15(11)22)21-16(26)9-4-2-1-3-5-9/h1-5,7-8,10,12-13,17,23-25H,6H2,(H,18,19,21,26)/t10-,12+,13+,17+/m0/s1. The molecule has 1 fully saturated rings. The Labute approximate surface area is 153 Å². The molecule has 10 nitrogen and oxygen atoms in total. The fraction of sp³-hybridized carbons (Fsp3) is 0.294. The second kappa shape index (κ2) is 7.00. The Kier molecular flexibility index (Phi) is 4.54. The molecule has 27 heavy (non-hydrogen) atoms. The van der Waals surface area contributed by atoms with E-state index in [2.05, 4.69) is 20.3 Å². The van der Waals surface area contributed by atoms with Crippen LogP contribution in [0.5, 0.6) is 0 Å². The maximum Gasteiger partial charge on any atom is 0.256 e. The van der Waals surface area contributed by atoms with Crippen LogP contribution in [-0.2, 0) is 4.74 Å². The number of aliphatic hydroxyl groups excluding tert-OH is 3. The number of amides is 1. The molecule has 2 aromatic heterocycles. The summed E-state index contributed by atoms with van der Waals surface area (Å²) in [6, 6.07) is 8.65. The molecule has 1 aliphatic heterocycles. The van der Waals surface area contributed by atoms with E-state index in [1.54, 1.807) is 24.3 Å². The van der Waals surface area contributed by atoms with Crippen LogP contribution in [0.25, 0.3) is 11.2 Å². The van der Waals surface area contributed by atoms with Gasteiger partial charge in [-0.3, -0.25) is 9.36 Å². The van der Waals surface area contributed by atoms with Crippen LogP contribution in [0.2, 0.25) is 0 Å². The Bertz CT molecular complexity index is 963. The van der Waals surface area contributed by atoms with Crippen LogP contribution in [0.3, 0.4) is 0 Å². The van der Waals surface area contributed by atoms with Crippen LogP contribution in [0.15, 0.2) is 43.0 Å². The molecule has 10 heteroatoms. The lowest BCUT2D eigenvalue weighted by molar-refractivity contribution is -0.210. The van der Waals surface area contributed by atoms with Gasteiger partial charge < -0.3 is 25.4 Å². The summed E-state index contributed by atoms with van der Waals surface area (Å²) < 4.78 is 6.86. The Hall–Kier alpha value is -2.92. The third-order valence-electron chi connectivity index (χ3n) is 4.37. The minimum absolute atomic E-state index is 0.148. The smallest absolute Gasteiger partial charge is 0.256 e. The highest BCUT2D eigenvalue weighted by molar-refractivity contribution is 6.06. The molecule has 0 unspecified atom stereocenters. The van der Waals surface area contributed by atoms with Gasteiger partial charge in [0.15, 0.2) is 23.2 Å². The fourth-order valence-corrected chi connectivity index (χ4v) is 2.93. The van der Waals surface area contributed by atoms with Gasteiger partial charge in [-0.05, 0) is 12.1 Å². The summed E-state index contributed by atoms with van der Waals surface area (Å²) in [5, 5.41) is 32.4. The second-order valence-electron chi connectivity index (χ2n) is 6.14. The number of carbonyl (C=O) groups is 1. The summed E-state index contributed by atoms with van der Waals surface area (Å²) in [7, 11) is 0. The number of anilines is 1. The van der Waals surface area contributed by atoms with Gasteiger partial charge >= 0.3 is 0 Å². The molecule has 0 bridgehead atoms. The number of imidazole rings is 1. The lowest BCUT2D eigenvalue weighted by Crippen LogP contribution is -2.50. The number of fused-ring (bicyclic) bond motifs is 1. The third kappa shape index (κ3) is 3.15. The highest BCUT2D eigenvalue weighted by Gasteiger charge is 2.39. The first-order valence-electron chi connectivity index (χ1n) is 8.26. The summed E-state index contributed by atoms with van der Waals surface area (Å²) in [6.07, 6.45) is -2.27. The second-order valence-corrected chi connectivity index (χ2v) is 6.14. The summed E-state index contributed by atoms with van der Waals surface area (Å²) in [5.41, 5.74) is 1.08. The minimum Gasteiger partial charge on any atom is -0.388 e. The average Bonchev–Trinajstić information content (AvgIpc) is 3.12. The molecule has 1 saturated heterocycles. The van der Waals surface area contributed by atoms with E-state index in [-0.39, 0.29) is 18.3 Å². The van der Waals surface area contributed by atoms with Crippen molar-refractivity contribution in [3.05, 3.63) is 48.5 Å². The third-order valence-corrected chi connectivity index (χ3v) is 4.37. The molecule has 3 aromatic rings. The Balaban J connectivity index is 1.65. The van der Waals surface area contributed by atoms with E-state index in [1.807, 2.05) is 6.07 Å². The molecule has 1 aromatic carbocycles. The van der Waals surface area contributed by atoms with Gasteiger partial charge in [0.1, 0.15) is 24.6 Å². The monoisotopic (exact) mass is 371 g/mol. The van der Waals surface area contributed by atoms with E-state index in [4.69, 9.17) is 4.74 Å². The van der Waals surface area contributed by atoms with Crippen molar-refractivity contribution in [2.24, 2.45) is 0 Å². The Morgan fingerprint density at radius 2 is 1.89 bits per heavy atom. The molecule has 0 spiro atoms. The summed E-state index contributed by atoms with van der Waals surface area (Å²) in [5.74, 6) is -0.142. The normalized spacial score (nSPS) is 25.4. The average molecular weight is 371 g/mol. The summed E-state index contributed by atoms with van der Waals surface area (Å²) in [4.78, 5) is 24.8. The zero-order valence-corrected chi connectivity index (χ0v) is 14.0. The quantitative estimate of drug-likeness (QED) is 0.491. The van der Waals surface area contributed by atoms with Crippen molar-refractivity contribution < 1.29 is 24.9 Å². The number of rotatable bonds is 3. The SMILES string of the molecule is O=C(Nc1ncnc2c1ncn2[C@@H]1OC[C@H](O)[C@@H](O)[C@H]1O)c1ccccc1. The number of benzene rings is 1. The summed E-state index contributed by atoms with van der Waals surface area (Å²) in [6.45, 7) is -0.148. The predicted octanol–water partition coefficient (Wildman–Crippen LogP) is -0.310. The van der Waals surface area contributed by atoms with Gasteiger partial charge in [-0.1, -0.05) is 18.2 Å². The molecule has 1 amide bonds. The van der Waals surface area contributed by atoms with Gasteiger partial charge in [0.05, 0.1) is 12.9 Å². The van der Waals surface area contributed by atoms with Gasteiger partial charge in [-0.2, -0.15) is 0 Å². The molecule has 0 aliphatic carbocycles. The number of nitrogens with zero attached hydrogens (tertiary/aromatic N) is 4. The number of hydrogen-bond acceptors (Lipinski definition) is 8. The van der Waals surface area contributed by atoms with E-state index in [1.165, 1.54) is 17.2 Å². The maximum absolute atomic E-state index is 12.4. The lowest BCUT2D eigenvalue weighted by atomic mass is 10.0. The Morgan fingerprint density at radius 1 is 1.11 bits per heavy atom. The first-order valence-corrected chi connectivity index (χ1v) is 8.26. The van der Waals surface area contributed by atoms with Crippen molar-refractivity contribution in [3.8, 4) is 0 Å². The number of aliphatic hydroxyl groups is 3. The molecule has 1 aliphatic rings. The number of nitrogens with one attached hydrogen (secondary N) is 1. The Morgan fingerprint density at radius 3 is 2.67 bits per heavy atom. The van der Waals surface area contributed by atoms with Crippen LogP contribution < -0.4 is 5.32 Å². The molecule has 4 rings (SSSR count). The van der Waals surface area contributed by atoms with E-state index >= 15 is 0 Å². The summed E-state index contributed by atoms with van der Waals surface area (Å²) >= 11 is 0. The maximum atomic E-state index is 12.4. The molecule has 0 saturated carbocycles. The highest BCUT2D eigenvalue weighted by Crippen LogP contribution is 2.28.